The second-order valence-electron chi connectivity index (χ2n) is 3.42. The minimum absolute atomic E-state index is 0.402. The van der Waals surface area contributed by atoms with Crippen LogP contribution in [0.2, 0.25) is 0 Å². The van der Waals surface area contributed by atoms with Gasteiger partial charge in [0.2, 0.25) is 5.88 Å². The van der Waals surface area contributed by atoms with E-state index < -0.39 is 48.0 Å². The fraction of sp³-hybridized carbons (Fsp3) is 0.400. The number of carbonyl (C=O) groups is 1. The molecule has 0 atom stereocenters. The molecule has 0 aliphatic carbocycles. The number of carbonyl (C=O) groups excluding carboxylic acids is 1. The molecule has 1 heterocycles. The van der Waals surface area contributed by atoms with Gasteiger partial charge in [-0.2, -0.15) is 0 Å². The second-order valence-corrected chi connectivity index (χ2v) is 3.42. The number of pyridine rings is 1. The van der Waals surface area contributed by atoms with E-state index >= 15 is 0 Å². The molecule has 0 radical (unpaired) electrons. The van der Waals surface area contributed by atoms with Crippen molar-refractivity contribution in [3.63, 3.8) is 0 Å². The largest absolute Gasteiger partial charge is 0.574 e. The third-order valence-electron chi connectivity index (χ3n) is 2.17. The van der Waals surface area contributed by atoms with Gasteiger partial charge in [0.15, 0.2) is 0 Å². The molecule has 0 amide bonds. The molecule has 0 aliphatic heterocycles. The van der Waals surface area contributed by atoms with Gasteiger partial charge < -0.3 is 15.2 Å². The Bertz CT molecular complexity index is 504. The summed E-state index contributed by atoms with van der Waals surface area (Å²) < 4.78 is 69.5. The maximum absolute atomic E-state index is 12.8. The number of esters is 1. The molecule has 20 heavy (non-hydrogen) atoms. The average Bonchev–Trinajstić information content (AvgIpc) is 2.34. The Labute approximate surface area is 109 Å². The third-order valence-corrected chi connectivity index (χ3v) is 2.17. The molecule has 1 aromatic heterocycles. The van der Waals surface area contributed by atoms with Crippen molar-refractivity contribution in [2.45, 2.75) is 19.3 Å². The SMILES string of the molecule is COC(=O)c1cc(OC(F)(F)F)nc(C(F)F)c1CN. The fourth-order valence-electron chi connectivity index (χ4n) is 1.43. The van der Waals surface area contributed by atoms with E-state index in [4.69, 9.17) is 5.73 Å². The van der Waals surface area contributed by atoms with Crippen LogP contribution in [0.25, 0.3) is 0 Å². The Hall–Kier alpha value is -1.97. The van der Waals surface area contributed by atoms with Crippen LogP contribution in [-0.2, 0) is 11.3 Å². The van der Waals surface area contributed by atoms with Gasteiger partial charge in [-0.25, -0.2) is 18.6 Å². The third kappa shape index (κ3) is 3.76. The number of ether oxygens (including phenoxy) is 2. The molecule has 0 aromatic carbocycles. The van der Waals surface area contributed by atoms with Gasteiger partial charge in [-0.1, -0.05) is 0 Å². The molecular formula is C10H9F5N2O3. The van der Waals surface area contributed by atoms with E-state index in [2.05, 4.69) is 14.5 Å². The molecule has 0 spiro atoms. The van der Waals surface area contributed by atoms with Gasteiger partial charge >= 0.3 is 12.3 Å². The molecule has 5 nitrogen and oxygen atoms in total. The topological polar surface area (TPSA) is 74.4 Å². The second kappa shape index (κ2) is 5.99. The van der Waals surface area contributed by atoms with Gasteiger partial charge in [-0.3, -0.25) is 0 Å². The smallest absolute Gasteiger partial charge is 0.465 e. The molecular weight excluding hydrogens is 291 g/mol. The van der Waals surface area contributed by atoms with Gasteiger partial charge in [-0.05, 0) is 0 Å². The zero-order chi connectivity index (χ0) is 15.5. The summed E-state index contributed by atoms with van der Waals surface area (Å²) in [7, 11) is 0.940. The Kier molecular flexibility index (Phi) is 4.82. The van der Waals surface area contributed by atoms with E-state index in [1.165, 1.54) is 0 Å². The summed E-state index contributed by atoms with van der Waals surface area (Å²) in [6.07, 6.45) is -8.36. The van der Waals surface area contributed by atoms with Crippen LogP contribution < -0.4 is 10.5 Å². The van der Waals surface area contributed by atoms with Crippen molar-refractivity contribution in [1.29, 1.82) is 0 Å². The van der Waals surface area contributed by atoms with Crippen LogP contribution in [0.4, 0.5) is 22.0 Å². The summed E-state index contributed by atoms with van der Waals surface area (Å²) in [4.78, 5) is 14.4. The van der Waals surface area contributed by atoms with E-state index in [9.17, 15) is 26.7 Å². The van der Waals surface area contributed by atoms with Crippen molar-refractivity contribution in [3.8, 4) is 5.88 Å². The molecule has 0 bridgehead atoms. The lowest BCUT2D eigenvalue weighted by molar-refractivity contribution is -0.276. The van der Waals surface area contributed by atoms with Crippen LogP contribution in [0.3, 0.4) is 0 Å². The van der Waals surface area contributed by atoms with Crippen LogP contribution >= 0.6 is 0 Å². The Morgan fingerprint density at radius 3 is 2.45 bits per heavy atom. The summed E-state index contributed by atoms with van der Waals surface area (Å²) in [5, 5.41) is 0. The number of nitrogens with zero attached hydrogens (tertiary/aromatic N) is 1. The van der Waals surface area contributed by atoms with Gasteiger partial charge in [0.1, 0.15) is 5.69 Å². The lowest BCUT2D eigenvalue weighted by Gasteiger charge is -2.14. The van der Waals surface area contributed by atoms with Gasteiger partial charge in [-0.15, -0.1) is 13.2 Å². The predicted molar refractivity (Wildman–Crippen MR) is 55.1 cm³/mol. The van der Waals surface area contributed by atoms with E-state index in [1.807, 2.05) is 0 Å². The molecule has 2 N–H and O–H groups in total. The monoisotopic (exact) mass is 300 g/mol. The number of methoxy groups -OCH3 is 1. The van der Waals surface area contributed by atoms with Crippen LogP contribution in [0.15, 0.2) is 6.07 Å². The summed E-state index contributed by atoms with van der Waals surface area (Å²) in [5.74, 6) is -2.31. The van der Waals surface area contributed by atoms with Gasteiger partial charge in [0, 0.05) is 18.2 Å². The molecule has 10 heteroatoms. The molecule has 112 valence electrons. The van der Waals surface area contributed by atoms with Crippen molar-refractivity contribution in [3.05, 3.63) is 22.9 Å². The standard InChI is InChI=1S/C10H9F5N2O3/c1-19-9(18)4-2-6(20-10(13,14)15)17-7(8(11)12)5(4)3-16/h2,8H,3,16H2,1H3. The highest BCUT2D eigenvalue weighted by atomic mass is 19.4. The van der Waals surface area contributed by atoms with Crippen molar-refractivity contribution in [2.75, 3.05) is 7.11 Å². The first kappa shape index (κ1) is 16.1. The molecule has 0 unspecified atom stereocenters. The average molecular weight is 300 g/mol. The maximum Gasteiger partial charge on any atom is 0.574 e. The van der Waals surface area contributed by atoms with Gasteiger partial charge in [0.05, 0.1) is 12.7 Å². The number of alkyl halides is 5. The predicted octanol–water partition coefficient (Wildman–Crippen LogP) is 2.16. The number of nitrogens with two attached hydrogens (primary N) is 1. The van der Waals surface area contributed by atoms with Crippen LogP contribution in [-0.4, -0.2) is 24.4 Å². The quantitative estimate of drug-likeness (QED) is 0.681. The Morgan fingerprint density at radius 1 is 1.45 bits per heavy atom. The van der Waals surface area contributed by atoms with Gasteiger partial charge in [0.25, 0.3) is 6.43 Å². The number of aromatic nitrogens is 1. The number of halogens is 5. The summed E-state index contributed by atoms with van der Waals surface area (Å²) in [6.45, 7) is -0.524. The number of hydrogen-bond acceptors (Lipinski definition) is 5. The maximum atomic E-state index is 12.8. The van der Waals surface area contributed by atoms with Crippen LogP contribution in [0.5, 0.6) is 5.88 Å². The zero-order valence-corrected chi connectivity index (χ0v) is 10.0. The fourth-order valence-corrected chi connectivity index (χ4v) is 1.43. The zero-order valence-electron chi connectivity index (χ0n) is 10.0. The van der Waals surface area contributed by atoms with E-state index in [1.54, 1.807) is 0 Å². The highest BCUT2D eigenvalue weighted by Gasteiger charge is 2.33. The van der Waals surface area contributed by atoms with E-state index in [-0.39, 0.29) is 0 Å². The van der Waals surface area contributed by atoms with Crippen molar-refractivity contribution < 1.29 is 36.2 Å². The summed E-state index contributed by atoms with van der Waals surface area (Å²) in [5.41, 5.74) is 3.20. The molecule has 0 aliphatic rings. The highest BCUT2D eigenvalue weighted by molar-refractivity contribution is 5.91. The van der Waals surface area contributed by atoms with Crippen molar-refractivity contribution in [1.82, 2.24) is 4.98 Å². The molecule has 0 saturated carbocycles. The minimum atomic E-state index is -5.13. The number of hydrogen-bond donors (Lipinski definition) is 1. The van der Waals surface area contributed by atoms with Crippen LogP contribution in [0.1, 0.15) is 28.0 Å². The Balaban J connectivity index is 3.43. The Morgan fingerprint density at radius 2 is 2.05 bits per heavy atom. The highest BCUT2D eigenvalue weighted by Crippen LogP contribution is 2.29. The number of rotatable bonds is 4. The van der Waals surface area contributed by atoms with Crippen LogP contribution in [0, 0.1) is 0 Å². The lowest BCUT2D eigenvalue weighted by Crippen LogP contribution is -2.20. The molecule has 0 saturated heterocycles. The first-order valence-corrected chi connectivity index (χ1v) is 5.05. The van der Waals surface area contributed by atoms with E-state index in [0.29, 0.717) is 6.07 Å². The van der Waals surface area contributed by atoms with Crippen molar-refractivity contribution in [2.24, 2.45) is 5.73 Å². The molecule has 0 fully saturated rings. The van der Waals surface area contributed by atoms with Crippen molar-refractivity contribution >= 4 is 5.97 Å². The summed E-state index contributed by atoms with van der Waals surface area (Å²) >= 11 is 0. The lowest BCUT2D eigenvalue weighted by atomic mass is 10.1. The minimum Gasteiger partial charge on any atom is -0.465 e. The molecule has 1 rings (SSSR count). The summed E-state index contributed by atoms with van der Waals surface area (Å²) in [6, 6.07) is 0.549. The first-order chi connectivity index (χ1) is 9.19. The molecule has 1 aromatic rings. The first-order valence-electron chi connectivity index (χ1n) is 5.05. The normalized spacial score (nSPS) is 11.6. The van der Waals surface area contributed by atoms with E-state index in [0.717, 1.165) is 7.11 Å².